The standard InChI is InChI=1S/C39H55BrN2O11S/c1-12-28-39(9)33(41-37(47)53-39)22(4)30(44)20(2)19-38(8,48-17-13-14-26-15-16-29(40)54-26)34(23(5)31(45)24(6)35(46)51-28)52-36-32(50-25(7)43)27(42(10)11)18-21(3)49-36/h15-16,20-24,27-28,32-34,36H,12,17-19H2,1-11H3,(H,41,47)/t20-,21-,22-,23+,24-,27+,28+,32-,33-,34-,36+,38+,39-/m1/s1. The van der Waals surface area contributed by atoms with Gasteiger partial charge in [0.05, 0.1) is 38.6 Å². The van der Waals surface area contributed by atoms with Crippen LogP contribution in [0.3, 0.4) is 0 Å². The minimum Gasteiger partial charge on any atom is -0.458 e. The summed E-state index contributed by atoms with van der Waals surface area (Å²) in [5.41, 5.74) is -2.80. The van der Waals surface area contributed by atoms with Gasteiger partial charge >= 0.3 is 18.0 Å². The van der Waals surface area contributed by atoms with Crippen molar-refractivity contribution in [2.75, 3.05) is 20.7 Å². The van der Waals surface area contributed by atoms with Crippen LogP contribution in [0.5, 0.6) is 0 Å². The van der Waals surface area contributed by atoms with E-state index in [0.717, 1.165) is 8.66 Å². The molecular formula is C39H55BrN2O11S. The first-order valence-corrected chi connectivity index (χ1v) is 20.1. The van der Waals surface area contributed by atoms with E-state index in [4.69, 9.17) is 28.4 Å². The van der Waals surface area contributed by atoms with Crippen LogP contribution in [0.25, 0.3) is 0 Å². The van der Waals surface area contributed by atoms with Gasteiger partial charge in [-0.1, -0.05) is 39.5 Å². The molecule has 3 fully saturated rings. The van der Waals surface area contributed by atoms with Crippen LogP contribution in [0.2, 0.25) is 0 Å². The molecule has 1 amide bonds. The quantitative estimate of drug-likeness (QED) is 0.164. The fraction of sp³-hybridized carbons (Fsp3) is 0.718. The summed E-state index contributed by atoms with van der Waals surface area (Å²) < 4.78 is 38.3. The number of hydrogen-bond donors (Lipinski definition) is 1. The monoisotopic (exact) mass is 838 g/mol. The van der Waals surface area contributed by atoms with Crippen LogP contribution >= 0.6 is 27.3 Å². The Morgan fingerprint density at radius 1 is 1.07 bits per heavy atom. The van der Waals surface area contributed by atoms with E-state index in [9.17, 15) is 24.0 Å². The zero-order valence-corrected chi connectivity index (χ0v) is 35.5. The number of halogens is 1. The molecule has 0 aliphatic carbocycles. The number of ether oxygens (including phenoxy) is 6. The fourth-order valence-corrected chi connectivity index (χ4v) is 9.40. The van der Waals surface area contributed by atoms with Crippen molar-refractivity contribution in [1.82, 2.24) is 10.2 Å². The van der Waals surface area contributed by atoms with Crippen LogP contribution in [-0.4, -0.2) is 109 Å². The molecule has 3 aliphatic heterocycles. The van der Waals surface area contributed by atoms with Crippen molar-refractivity contribution >= 4 is 56.9 Å². The molecule has 1 aromatic rings. The molecule has 1 N–H and O–H groups in total. The second-order valence-corrected chi connectivity index (χ2v) is 17.9. The molecule has 0 saturated carbocycles. The number of rotatable bonds is 7. The average Bonchev–Trinajstić information content (AvgIpc) is 3.66. The topological polar surface area (TPSA) is 156 Å². The highest BCUT2D eigenvalue weighted by Crippen LogP contribution is 2.40. The predicted molar refractivity (Wildman–Crippen MR) is 203 cm³/mol. The summed E-state index contributed by atoms with van der Waals surface area (Å²) in [5, 5.41) is 2.79. The summed E-state index contributed by atoms with van der Waals surface area (Å²) in [7, 11) is 3.74. The van der Waals surface area contributed by atoms with Crippen LogP contribution in [0.1, 0.15) is 86.5 Å². The Bertz CT molecular complexity index is 1620. The zero-order chi connectivity index (χ0) is 40.3. The third-order valence-corrected chi connectivity index (χ3v) is 12.5. The zero-order valence-electron chi connectivity index (χ0n) is 33.1. The number of nitrogens with zero attached hydrogens (tertiary/aromatic N) is 1. The summed E-state index contributed by atoms with van der Waals surface area (Å²) in [5.74, 6) is 0.311. The number of thiophene rings is 1. The Morgan fingerprint density at radius 3 is 2.35 bits per heavy atom. The largest absolute Gasteiger partial charge is 0.458 e. The van der Waals surface area contributed by atoms with Crippen LogP contribution in [0.4, 0.5) is 4.79 Å². The van der Waals surface area contributed by atoms with Crippen molar-refractivity contribution in [3.8, 4) is 11.8 Å². The highest BCUT2D eigenvalue weighted by atomic mass is 79.9. The maximum Gasteiger partial charge on any atom is 0.408 e. The molecule has 0 spiro atoms. The van der Waals surface area contributed by atoms with Crippen molar-refractivity contribution in [2.24, 2.45) is 23.7 Å². The Balaban J connectivity index is 1.85. The lowest BCUT2D eigenvalue weighted by molar-refractivity contribution is -0.299. The number of nitrogens with one attached hydrogen (secondary N) is 1. The van der Waals surface area contributed by atoms with E-state index in [1.807, 2.05) is 38.1 Å². The van der Waals surface area contributed by atoms with Gasteiger partial charge in [-0.05, 0) is 89.1 Å². The highest BCUT2D eigenvalue weighted by Gasteiger charge is 2.57. The van der Waals surface area contributed by atoms with Gasteiger partial charge in [0.1, 0.15) is 24.4 Å². The Labute approximate surface area is 330 Å². The molecule has 15 heteroatoms. The number of Topliss-reactive ketones (excluding diaryl/α,β-unsaturated/α-hetero) is 2. The Kier molecular flexibility index (Phi) is 14.6. The van der Waals surface area contributed by atoms with Gasteiger partial charge in [0.25, 0.3) is 0 Å². The van der Waals surface area contributed by atoms with Crippen LogP contribution in [0, 0.1) is 35.5 Å². The molecule has 3 saturated heterocycles. The fourth-order valence-electron chi connectivity index (χ4n) is 8.13. The average molecular weight is 840 g/mol. The summed E-state index contributed by atoms with van der Waals surface area (Å²) in [6, 6.07) is 2.63. The number of carbonyl (C=O) groups is 5. The number of likely N-dealkylation sites (N-methyl/N-ethyl adjacent to an activating group) is 1. The van der Waals surface area contributed by atoms with Crippen molar-refractivity contribution in [1.29, 1.82) is 0 Å². The lowest BCUT2D eigenvalue weighted by Gasteiger charge is -2.47. The van der Waals surface area contributed by atoms with E-state index in [0.29, 0.717) is 6.42 Å². The van der Waals surface area contributed by atoms with E-state index in [1.165, 1.54) is 25.2 Å². The predicted octanol–water partition coefficient (Wildman–Crippen LogP) is 5.29. The molecule has 13 atom stereocenters. The molecule has 1 aromatic heterocycles. The SMILES string of the molecule is CC[C@@H]1OC(=O)[C@H](C)C(=O)[C@H](C)[C@@H](O[C@@H]2O[C@H](C)C[C@H](N(C)C)[C@H]2OC(C)=O)[C@@](C)(OCC#Cc2ccc(Br)s2)C[C@@H](C)C(=O)[C@@H](C)[C@H]2NC(=O)O[C@]12C. The maximum atomic E-state index is 14.5. The minimum atomic E-state index is -1.41. The maximum absolute atomic E-state index is 14.5. The minimum absolute atomic E-state index is 0.0522. The van der Waals surface area contributed by atoms with Crippen molar-refractivity contribution in [3.63, 3.8) is 0 Å². The molecule has 0 bridgehead atoms. The number of ketones is 2. The van der Waals surface area contributed by atoms with Crippen LogP contribution < -0.4 is 5.32 Å². The van der Waals surface area contributed by atoms with Gasteiger partial charge < -0.3 is 38.6 Å². The summed E-state index contributed by atoms with van der Waals surface area (Å²) in [6.07, 6.45) is -4.35. The van der Waals surface area contributed by atoms with Gasteiger partial charge in [-0.15, -0.1) is 11.3 Å². The van der Waals surface area contributed by atoms with E-state index in [2.05, 4.69) is 33.1 Å². The van der Waals surface area contributed by atoms with Crippen molar-refractivity contribution in [2.45, 2.75) is 136 Å². The van der Waals surface area contributed by atoms with E-state index < -0.39 is 89.3 Å². The molecule has 0 radical (unpaired) electrons. The first-order chi connectivity index (χ1) is 25.2. The molecule has 0 aromatic carbocycles. The molecule has 300 valence electrons. The van der Waals surface area contributed by atoms with E-state index >= 15 is 0 Å². The molecule has 4 rings (SSSR count). The number of esters is 2. The third kappa shape index (κ3) is 9.73. The molecule has 13 nitrogen and oxygen atoms in total. The van der Waals surface area contributed by atoms with Gasteiger partial charge in [-0.25, -0.2) is 4.79 Å². The first kappa shape index (κ1) is 43.9. The Hall–Kier alpha value is -2.87. The molecule has 3 aliphatic rings. The number of amides is 1. The second kappa shape index (κ2) is 17.9. The molecule has 54 heavy (non-hydrogen) atoms. The summed E-state index contributed by atoms with van der Waals surface area (Å²) >= 11 is 4.92. The molecule has 0 unspecified atom stereocenters. The number of cyclic esters (lactones) is 1. The lowest BCUT2D eigenvalue weighted by Crippen LogP contribution is -2.61. The van der Waals surface area contributed by atoms with E-state index in [-0.39, 0.29) is 37.4 Å². The van der Waals surface area contributed by atoms with E-state index in [1.54, 1.807) is 41.5 Å². The van der Waals surface area contributed by atoms with Gasteiger partial charge in [0.15, 0.2) is 23.8 Å². The summed E-state index contributed by atoms with van der Waals surface area (Å²) in [6.45, 7) is 14.9. The van der Waals surface area contributed by atoms with Gasteiger partial charge in [0.2, 0.25) is 0 Å². The van der Waals surface area contributed by atoms with Crippen molar-refractivity contribution < 1.29 is 52.4 Å². The van der Waals surface area contributed by atoms with Crippen molar-refractivity contribution in [3.05, 3.63) is 20.8 Å². The van der Waals surface area contributed by atoms with Gasteiger partial charge in [-0.2, -0.15) is 0 Å². The number of fused-ring (bicyclic) bond motifs is 1. The molecule has 4 heterocycles. The smallest absolute Gasteiger partial charge is 0.408 e. The highest BCUT2D eigenvalue weighted by molar-refractivity contribution is 9.11. The van der Waals surface area contributed by atoms with Crippen LogP contribution in [0.15, 0.2) is 15.9 Å². The molecular weight excluding hydrogens is 784 g/mol. The van der Waals surface area contributed by atoms with Gasteiger partial charge in [-0.3, -0.25) is 19.2 Å². The first-order valence-electron chi connectivity index (χ1n) is 18.5. The lowest BCUT2D eigenvalue weighted by atomic mass is 9.73. The van der Waals surface area contributed by atoms with Gasteiger partial charge in [0, 0.05) is 24.7 Å². The number of alkyl carbamates (subject to hydrolysis) is 1. The summed E-state index contributed by atoms with van der Waals surface area (Å²) in [4.78, 5) is 70.6. The normalized spacial score (nSPS) is 38.0. The number of hydrogen-bond acceptors (Lipinski definition) is 13. The Morgan fingerprint density at radius 2 is 1.76 bits per heavy atom. The third-order valence-electron chi connectivity index (χ3n) is 11.0. The van der Waals surface area contributed by atoms with Crippen LogP contribution in [-0.2, 0) is 47.6 Å². The number of carbonyl (C=O) groups excluding carboxylic acids is 5. The second-order valence-electron chi connectivity index (χ2n) is 15.5.